The third-order valence-electron chi connectivity index (χ3n) is 1.81. The van der Waals surface area contributed by atoms with E-state index in [-0.39, 0.29) is 0 Å². The lowest BCUT2D eigenvalue weighted by Gasteiger charge is -1.94. The Balaban J connectivity index is 2.59. The Morgan fingerprint density at radius 2 is 2.38 bits per heavy atom. The molecular formula is C7H7BrN4S. The molecule has 0 radical (unpaired) electrons. The minimum absolute atomic E-state index is 0.523. The molecule has 0 aromatic carbocycles. The molecule has 2 rings (SSSR count). The summed E-state index contributed by atoms with van der Waals surface area (Å²) in [5.41, 5.74) is 8.30. The summed E-state index contributed by atoms with van der Waals surface area (Å²) in [5, 5.41) is 8.69. The first-order valence-electron chi connectivity index (χ1n) is 3.61. The summed E-state index contributed by atoms with van der Waals surface area (Å²) in [4.78, 5) is 0. The van der Waals surface area contributed by atoms with Gasteiger partial charge in [-0.3, -0.25) is 5.10 Å². The zero-order valence-corrected chi connectivity index (χ0v) is 9.24. The van der Waals surface area contributed by atoms with Gasteiger partial charge in [-0.1, -0.05) is 0 Å². The van der Waals surface area contributed by atoms with Crippen molar-refractivity contribution in [1.29, 1.82) is 0 Å². The smallest absolute Gasteiger partial charge is 0.148 e. The topological polar surface area (TPSA) is 67.6 Å². The van der Waals surface area contributed by atoms with Crippen LogP contribution in [0.5, 0.6) is 0 Å². The fourth-order valence-electron chi connectivity index (χ4n) is 1.03. The lowest BCUT2D eigenvalue weighted by Crippen LogP contribution is -1.86. The predicted molar refractivity (Wildman–Crippen MR) is 56.5 cm³/mol. The molecule has 0 spiro atoms. The molecule has 0 saturated heterocycles. The van der Waals surface area contributed by atoms with Gasteiger partial charge in [0.25, 0.3) is 0 Å². The Morgan fingerprint density at radius 1 is 1.62 bits per heavy atom. The average Bonchev–Trinajstić information content (AvgIpc) is 2.62. The summed E-state index contributed by atoms with van der Waals surface area (Å²) < 4.78 is 5.19. The summed E-state index contributed by atoms with van der Waals surface area (Å²) in [6, 6.07) is 0. The van der Waals surface area contributed by atoms with Gasteiger partial charge in [0.2, 0.25) is 0 Å². The molecule has 2 heterocycles. The van der Waals surface area contributed by atoms with Crippen molar-refractivity contribution in [3.8, 4) is 11.4 Å². The lowest BCUT2D eigenvalue weighted by molar-refractivity contribution is 1.10. The molecule has 0 aliphatic rings. The Labute approximate surface area is 87.5 Å². The highest BCUT2D eigenvalue weighted by atomic mass is 79.9. The van der Waals surface area contributed by atoms with Gasteiger partial charge in [0, 0.05) is 10.9 Å². The first-order valence-corrected chi connectivity index (χ1v) is 5.23. The number of H-pyrrole nitrogens is 1. The number of nitrogens with zero attached hydrogens (tertiary/aromatic N) is 2. The van der Waals surface area contributed by atoms with E-state index in [0.29, 0.717) is 5.82 Å². The number of nitrogens with one attached hydrogen (secondary N) is 1. The van der Waals surface area contributed by atoms with E-state index in [1.165, 1.54) is 11.5 Å². The van der Waals surface area contributed by atoms with Gasteiger partial charge in [0.05, 0.1) is 10.2 Å². The van der Waals surface area contributed by atoms with Gasteiger partial charge in [0.15, 0.2) is 0 Å². The second kappa shape index (κ2) is 3.12. The Kier molecular flexibility index (Phi) is 2.09. The van der Waals surface area contributed by atoms with E-state index in [2.05, 4.69) is 30.5 Å². The van der Waals surface area contributed by atoms with Gasteiger partial charge in [-0.2, -0.15) is 9.47 Å². The molecule has 0 bridgehead atoms. The van der Waals surface area contributed by atoms with Crippen LogP contribution in [0.2, 0.25) is 0 Å². The molecule has 0 amide bonds. The zero-order valence-electron chi connectivity index (χ0n) is 6.84. The zero-order chi connectivity index (χ0) is 9.42. The number of anilines is 1. The lowest BCUT2D eigenvalue weighted by atomic mass is 10.2. The molecule has 2 aromatic rings. The number of nitrogens with two attached hydrogens (primary N) is 1. The SMILES string of the molecule is Cc1c(N)n[nH]c1-c1nscc1Br. The Morgan fingerprint density at radius 3 is 2.85 bits per heavy atom. The van der Waals surface area contributed by atoms with Gasteiger partial charge in [0.1, 0.15) is 11.5 Å². The molecule has 0 atom stereocenters. The number of aromatic nitrogens is 3. The highest BCUT2D eigenvalue weighted by Gasteiger charge is 2.13. The normalized spacial score (nSPS) is 10.6. The monoisotopic (exact) mass is 258 g/mol. The summed E-state index contributed by atoms with van der Waals surface area (Å²) in [7, 11) is 0. The fraction of sp³-hybridized carbons (Fsp3) is 0.143. The van der Waals surface area contributed by atoms with Crippen molar-refractivity contribution < 1.29 is 0 Å². The van der Waals surface area contributed by atoms with Crippen LogP contribution in [-0.4, -0.2) is 14.6 Å². The van der Waals surface area contributed by atoms with Crippen LogP contribution < -0.4 is 5.73 Å². The summed E-state index contributed by atoms with van der Waals surface area (Å²) >= 11 is 4.80. The van der Waals surface area contributed by atoms with Gasteiger partial charge in [-0.25, -0.2) is 0 Å². The van der Waals surface area contributed by atoms with E-state index < -0.39 is 0 Å². The van der Waals surface area contributed by atoms with Crippen LogP contribution in [0.4, 0.5) is 5.82 Å². The third-order valence-corrected chi connectivity index (χ3v) is 3.35. The molecule has 13 heavy (non-hydrogen) atoms. The van der Waals surface area contributed by atoms with Crippen LogP contribution >= 0.6 is 27.5 Å². The van der Waals surface area contributed by atoms with Crippen LogP contribution in [0.1, 0.15) is 5.56 Å². The molecule has 0 saturated carbocycles. The van der Waals surface area contributed by atoms with E-state index >= 15 is 0 Å². The largest absolute Gasteiger partial charge is 0.382 e. The van der Waals surface area contributed by atoms with E-state index in [1.807, 2.05) is 12.3 Å². The molecule has 0 fully saturated rings. The van der Waals surface area contributed by atoms with Crippen molar-refractivity contribution in [2.75, 3.05) is 5.73 Å². The highest BCUT2D eigenvalue weighted by molar-refractivity contribution is 9.10. The maximum Gasteiger partial charge on any atom is 0.148 e. The molecule has 68 valence electrons. The van der Waals surface area contributed by atoms with E-state index in [1.54, 1.807) is 0 Å². The molecule has 0 aliphatic carbocycles. The van der Waals surface area contributed by atoms with E-state index in [9.17, 15) is 0 Å². The van der Waals surface area contributed by atoms with Gasteiger partial charge < -0.3 is 5.73 Å². The molecular weight excluding hydrogens is 252 g/mol. The minimum Gasteiger partial charge on any atom is -0.382 e. The first-order chi connectivity index (χ1) is 6.20. The molecule has 0 aliphatic heterocycles. The fourth-order valence-corrected chi connectivity index (χ4v) is 2.24. The number of aromatic amines is 1. The summed E-state index contributed by atoms with van der Waals surface area (Å²) in [5.74, 6) is 0.523. The highest BCUT2D eigenvalue weighted by Crippen LogP contribution is 2.30. The molecule has 0 unspecified atom stereocenters. The van der Waals surface area contributed by atoms with Crippen molar-refractivity contribution in [2.45, 2.75) is 6.92 Å². The minimum atomic E-state index is 0.523. The molecule has 4 nitrogen and oxygen atoms in total. The van der Waals surface area contributed by atoms with Crippen LogP contribution in [0.25, 0.3) is 11.4 Å². The maximum absolute atomic E-state index is 5.61. The van der Waals surface area contributed by atoms with Crippen molar-refractivity contribution in [2.24, 2.45) is 0 Å². The van der Waals surface area contributed by atoms with Gasteiger partial charge in [-0.05, 0) is 34.4 Å². The van der Waals surface area contributed by atoms with Crippen molar-refractivity contribution in [3.05, 3.63) is 15.4 Å². The number of rotatable bonds is 1. The average molecular weight is 259 g/mol. The quantitative estimate of drug-likeness (QED) is 0.824. The van der Waals surface area contributed by atoms with Crippen molar-refractivity contribution in [1.82, 2.24) is 14.6 Å². The standard InChI is InChI=1S/C7H7BrN4S/c1-3-5(10-11-7(3)9)6-4(8)2-13-12-6/h2H,1H3,(H3,9,10,11). The van der Waals surface area contributed by atoms with Crippen LogP contribution in [0, 0.1) is 6.92 Å². The van der Waals surface area contributed by atoms with E-state index in [4.69, 9.17) is 5.73 Å². The number of hydrogen-bond donors (Lipinski definition) is 2. The predicted octanol–water partition coefficient (Wildman–Crippen LogP) is 2.19. The third kappa shape index (κ3) is 1.36. The number of halogens is 1. The Hall–Kier alpha value is -0.880. The van der Waals surface area contributed by atoms with Crippen LogP contribution in [0.3, 0.4) is 0 Å². The van der Waals surface area contributed by atoms with Crippen LogP contribution in [-0.2, 0) is 0 Å². The van der Waals surface area contributed by atoms with Crippen molar-refractivity contribution in [3.63, 3.8) is 0 Å². The van der Waals surface area contributed by atoms with Crippen molar-refractivity contribution >= 4 is 33.3 Å². The second-order valence-corrected chi connectivity index (χ2v) is 4.10. The van der Waals surface area contributed by atoms with Gasteiger partial charge in [-0.15, -0.1) is 0 Å². The maximum atomic E-state index is 5.61. The second-order valence-electron chi connectivity index (χ2n) is 2.62. The van der Waals surface area contributed by atoms with Crippen LogP contribution in [0.15, 0.2) is 9.85 Å². The summed E-state index contributed by atoms with van der Waals surface area (Å²) in [6.07, 6.45) is 0. The van der Waals surface area contributed by atoms with E-state index in [0.717, 1.165) is 21.4 Å². The number of nitrogen functional groups attached to an aromatic ring is 1. The molecule has 3 N–H and O–H groups in total. The molecule has 2 aromatic heterocycles. The van der Waals surface area contributed by atoms with Gasteiger partial charge >= 0.3 is 0 Å². The molecule has 6 heteroatoms. The number of hydrogen-bond acceptors (Lipinski definition) is 4. The first kappa shape index (κ1) is 8.71. The Bertz CT molecular complexity index is 433. The summed E-state index contributed by atoms with van der Waals surface area (Å²) in [6.45, 7) is 1.92.